The minimum atomic E-state index is -0.533. The van der Waals surface area contributed by atoms with Crippen molar-refractivity contribution < 1.29 is 14.2 Å². The van der Waals surface area contributed by atoms with Gasteiger partial charge in [-0.15, -0.1) is 0 Å². The first-order valence-electron chi connectivity index (χ1n) is 8.38. The van der Waals surface area contributed by atoms with Crippen molar-refractivity contribution in [1.29, 1.82) is 0 Å². The lowest BCUT2D eigenvalue weighted by Crippen LogP contribution is -2.46. The Labute approximate surface area is 152 Å². The predicted octanol–water partition coefficient (Wildman–Crippen LogP) is 3.39. The molecule has 1 fully saturated rings. The number of halogens is 2. The average Bonchev–Trinajstić information content (AvgIpc) is 2.61. The van der Waals surface area contributed by atoms with Crippen molar-refractivity contribution in [3.8, 4) is 5.75 Å². The smallest absolute Gasteiger partial charge is 0.123 e. The lowest BCUT2D eigenvalue weighted by Gasteiger charge is -2.38. The van der Waals surface area contributed by atoms with Crippen molar-refractivity contribution in [2.45, 2.75) is 19.1 Å². The van der Waals surface area contributed by atoms with Crippen LogP contribution in [0.5, 0.6) is 5.75 Å². The highest BCUT2D eigenvalue weighted by Gasteiger charge is 2.25. The second-order valence-corrected chi connectivity index (χ2v) is 6.65. The molecule has 4 nitrogen and oxygen atoms in total. The summed E-state index contributed by atoms with van der Waals surface area (Å²) >= 11 is 6.49. The van der Waals surface area contributed by atoms with Gasteiger partial charge >= 0.3 is 0 Å². The van der Waals surface area contributed by atoms with E-state index in [0.29, 0.717) is 10.8 Å². The minimum absolute atomic E-state index is 0.0797. The fraction of sp³-hybridized carbons (Fsp3) is 0.368. The maximum atomic E-state index is 13.2. The summed E-state index contributed by atoms with van der Waals surface area (Å²) in [6.45, 7) is 4.32. The molecule has 1 heterocycles. The topological polar surface area (TPSA) is 44.7 Å². The van der Waals surface area contributed by atoms with Crippen molar-refractivity contribution in [3.05, 3.63) is 58.9 Å². The zero-order valence-electron chi connectivity index (χ0n) is 14.1. The van der Waals surface area contributed by atoms with Crippen molar-refractivity contribution in [2.24, 2.45) is 0 Å². The van der Waals surface area contributed by atoms with Gasteiger partial charge in [0.25, 0.3) is 0 Å². The summed E-state index contributed by atoms with van der Waals surface area (Å²) in [5.41, 5.74) is 1.96. The summed E-state index contributed by atoms with van der Waals surface area (Å²) in [5.74, 6) is 0.389. The molecule has 0 saturated carbocycles. The molecule has 2 N–H and O–H groups in total. The number of nitrogens with one attached hydrogen (secondary N) is 1. The Balaban J connectivity index is 1.83. The van der Waals surface area contributed by atoms with Gasteiger partial charge in [-0.1, -0.05) is 23.7 Å². The molecule has 0 bridgehead atoms. The summed E-state index contributed by atoms with van der Waals surface area (Å²) in [7, 11) is 0. The van der Waals surface area contributed by atoms with Crippen LogP contribution < -0.4 is 15.0 Å². The van der Waals surface area contributed by atoms with Gasteiger partial charge in [-0.3, -0.25) is 0 Å². The van der Waals surface area contributed by atoms with Gasteiger partial charge in [0.15, 0.2) is 0 Å². The van der Waals surface area contributed by atoms with Crippen LogP contribution in [0.4, 0.5) is 10.1 Å². The fourth-order valence-electron chi connectivity index (χ4n) is 3.00. The van der Waals surface area contributed by atoms with E-state index in [2.05, 4.69) is 10.2 Å². The normalized spacial score (nSPS) is 18.9. The molecular formula is C19H22ClFN2O2. The number of aliphatic hydroxyl groups is 1. The number of piperazine rings is 1. The Morgan fingerprint density at radius 2 is 2.08 bits per heavy atom. The first-order valence-corrected chi connectivity index (χ1v) is 8.75. The largest absolute Gasteiger partial charge is 0.491 e. The van der Waals surface area contributed by atoms with Gasteiger partial charge in [-0.05, 0) is 36.8 Å². The van der Waals surface area contributed by atoms with E-state index >= 15 is 0 Å². The molecule has 0 amide bonds. The summed E-state index contributed by atoms with van der Waals surface area (Å²) in [4.78, 5) is 2.23. The third-order valence-electron chi connectivity index (χ3n) is 4.22. The highest BCUT2D eigenvalue weighted by atomic mass is 35.5. The number of hydrogen-bond acceptors (Lipinski definition) is 4. The van der Waals surface area contributed by atoms with E-state index in [-0.39, 0.29) is 18.5 Å². The Morgan fingerprint density at radius 3 is 2.76 bits per heavy atom. The molecule has 25 heavy (non-hydrogen) atoms. The number of nitrogens with zero attached hydrogens (tertiary/aromatic N) is 1. The zero-order valence-corrected chi connectivity index (χ0v) is 14.8. The maximum Gasteiger partial charge on any atom is 0.123 e. The molecule has 1 saturated heterocycles. The number of rotatable bonds is 5. The first-order chi connectivity index (χ1) is 12.0. The van der Waals surface area contributed by atoms with Crippen molar-refractivity contribution in [1.82, 2.24) is 5.32 Å². The Kier molecular flexibility index (Phi) is 5.78. The average molecular weight is 365 g/mol. The van der Waals surface area contributed by atoms with Gasteiger partial charge in [-0.25, -0.2) is 4.39 Å². The van der Waals surface area contributed by atoms with Crippen molar-refractivity contribution >= 4 is 17.3 Å². The van der Waals surface area contributed by atoms with Crippen LogP contribution in [0, 0.1) is 5.82 Å². The Morgan fingerprint density at radius 1 is 1.32 bits per heavy atom. The Bertz CT molecular complexity index is 709. The van der Waals surface area contributed by atoms with Gasteiger partial charge in [0, 0.05) is 25.7 Å². The van der Waals surface area contributed by atoms with Crippen molar-refractivity contribution in [2.75, 3.05) is 31.1 Å². The second kappa shape index (κ2) is 8.04. The van der Waals surface area contributed by atoms with Crippen molar-refractivity contribution in [3.63, 3.8) is 0 Å². The number of ether oxygens (including phenoxy) is 1. The first kappa shape index (κ1) is 18.0. The molecule has 0 radical (unpaired) electrons. The van der Waals surface area contributed by atoms with E-state index in [9.17, 15) is 9.50 Å². The monoisotopic (exact) mass is 364 g/mol. The molecule has 0 aromatic heterocycles. The highest BCUT2D eigenvalue weighted by Crippen LogP contribution is 2.35. The van der Waals surface area contributed by atoms with Crippen LogP contribution in [0.15, 0.2) is 42.5 Å². The van der Waals surface area contributed by atoms with Gasteiger partial charge in [0.05, 0.1) is 22.9 Å². The van der Waals surface area contributed by atoms with E-state index in [1.54, 1.807) is 13.0 Å². The van der Waals surface area contributed by atoms with Crippen LogP contribution in [-0.4, -0.2) is 37.5 Å². The van der Waals surface area contributed by atoms with E-state index in [1.807, 2.05) is 24.3 Å². The van der Waals surface area contributed by atoms with Crippen LogP contribution >= 0.6 is 11.6 Å². The van der Waals surface area contributed by atoms with Gasteiger partial charge in [0.1, 0.15) is 18.2 Å². The molecule has 0 aliphatic carbocycles. The number of aliphatic hydroxyl groups excluding tert-OH is 1. The van der Waals surface area contributed by atoms with Crippen LogP contribution in [0.1, 0.15) is 18.5 Å². The molecule has 2 aromatic rings. The van der Waals surface area contributed by atoms with Gasteiger partial charge < -0.3 is 20.1 Å². The molecule has 1 aliphatic heterocycles. The van der Waals surface area contributed by atoms with Crippen LogP contribution in [0.25, 0.3) is 0 Å². The minimum Gasteiger partial charge on any atom is -0.491 e. The molecule has 0 spiro atoms. The molecule has 3 rings (SSSR count). The van der Waals surface area contributed by atoms with Crippen LogP contribution in [0.2, 0.25) is 5.02 Å². The Hall–Kier alpha value is -1.82. The third-order valence-corrected chi connectivity index (χ3v) is 4.52. The van der Waals surface area contributed by atoms with E-state index in [4.69, 9.17) is 16.3 Å². The molecule has 1 aliphatic rings. The lowest BCUT2D eigenvalue weighted by molar-refractivity contribution is 0.123. The predicted molar refractivity (Wildman–Crippen MR) is 98.0 cm³/mol. The molecule has 134 valence electrons. The summed E-state index contributed by atoms with van der Waals surface area (Å²) in [6, 6.07) is 12.2. The summed E-state index contributed by atoms with van der Waals surface area (Å²) in [5, 5.41) is 13.3. The SMILES string of the molecule is CC(O)COc1ccc(N2CCNC[C@H]2c2ccc(F)cc2)c(Cl)c1. The van der Waals surface area contributed by atoms with Crippen LogP contribution in [-0.2, 0) is 0 Å². The molecule has 1 unspecified atom stereocenters. The van der Waals surface area contributed by atoms with Gasteiger partial charge in [-0.2, -0.15) is 0 Å². The second-order valence-electron chi connectivity index (χ2n) is 6.24. The quantitative estimate of drug-likeness (QED) is 0.853. The molecule has 6 heteroatoms. The number of anilines is 1. The molecule has 2 aromatic carbocycles. The standard InChI is InChI=1S/C19H22ClFN2O2/c1-13(24)12-25-16-6-7-18(17(20)10-16)23-9-8-22-11-19(23)14-2-4-15(21)5-3-14/h2-7,10,13,19,22,24H,8-9,11-12H2,1H3/t13?,19-/m0/s1. The van der Waals surface area contributed by atoms with Gasteiger partial charge in [0.2, 0.25) is 0 Å². The van der Waals surface area contributed by atoms with Crippen LogP contribution in [0.3, 0.4) is 0 Å². The zero-order chi connectivity index (χ0) is 17.8. The third kappa shape index (κ3) is 4.42. The fourth-order valence-corrected chi connectivity index (χ4v) is 3.28. The van der Waals surface area contributed by atoms with E-state index in [1.165, 1.54) is 12.1 Å². The summed E-state index contributed by atoms with van der Waals surface area (Å²) in [6.07, 6.45) is -0.533. The molecular weight excluding hydrogens is 343 g/mol. The summed E-state index contributed by atoms with van der Waals surface area (Å²) < 4.78 is 18.7. The number of hydrogen-bond donors (Lipinski definition) is 2. The number of benzene rings is 2. The van der Waals surface area contributed by atoms with E-state index < -0.39 is 6.10 Å². The highest BCUT2D eigenvalue weighted by molar-refractivity contribution is 6.33. The van der Waals surface area contributed by atoms with E-state index in [0.717, 1.165) is 30.9 Å². The maximum absolute atomic E-state index is 13.2. The molecule has 2 atom stereocenters. The lowest BCUT2D eigenvalue weighted by atomic mass is 10.0.